The van der Waals surface area contributed by atoms with E-state index < -0.39 is 0 Å². The molecular formula is C52H30B2N6. The molecular weight excluding hydrogens is 730 g/mol. The number of hydrogen-bond donors (Lipinski definition) is 0. The van der Waals surface area contributed by atoms with Gasteiger partial charge in [0.15, 0.2) is 11.6 Å². The molecule has 3 aromatic heterocycles. The second-order valence-corrected chi connectivity index (χ2v) is 16.5. The molecule has 0 aliphatic carbocycles. The average Bonchev–Trinajstić information content (AvgIpc) is 3.83. The van der Waals surface area contributed by atoms with Gasteiger partial charge in [-0.05, 0) is 82.5 Å². The lowest BCUT2D eigenvalue weighted by atomic mass is 9.34. The van der Waals surface area contributed by atoms with E-state index in [0.29, 0.717) is 0 Å². The minimum absolute atomic E-state index is 0.142. The van der Waals surface area contributed by atoms with Crippen LogP contribution in [-0.4, -0.2) is 32.5 Å². The van der Waals surface area contributed by atoms with E-state index in [2.05, 4.69) is 201 Å². The number of para-hydroxylation sites is 6. The summed E-state index contributed by atoms with van der Waals surface area (Å²) < 4.78 is 4.99. The predicted molar refractivity (Wildman–Crippen MR) is 249 cm³/mol. The Morgan fingerprint density at radius 1 is 0.333 bits per heavy atom. The van der Waals surface area contributed by atoms with Gasteiger partial charge >= 0.3 is 0 Å². The van der Waals surface area contributed by atoms with E-state index >= 15 is 0 Å². The van der Waals surface area contributed by atoms with E-state index in [4.69, 9.17) is 9.97 Å². The molecule has 0 atom stereocenters. The molecule has 8 heteroatoms. The lowest BCUT2D eigenvalue weighted by molar-refractivity contribution is 1.10. The highest BCUT2D eigenvalue weighted by Crippen LogP contribution is 2.44. The van der Waals surface area contributed by atoms with Crippen molar-refractivity contribution in [3.63, 3.8) is 0 Å². The molecule has 4 aliphatic heterocycles. The lowest BCUT2D eigenvalue weighted by Crippen LogP contribution is -2.67. The van der Waals surface area contributed by atoms with Crippen molar-refractivity contribution in [3.8, 4) is 11.4 Å². The fourth-order valence-electron chi connectivity index (χ4n) is 11.5. The highest BCUT2D eigenvalue weighted by Gasteiger charge is 2.49. The Morgan fingerprint density at radius 3 is 1.22 bits per heavy atom. The summed E-state index contributed by atoms with van der Waals surface area (Å²) in [4.78, 5) is 16.8. The first-order valence-electron chi connectivity index (χ1n) is 20.8. The third kappa shape index (κ3) is 3.66. The van der Waals surface area contributed by atoms with Crippen molar-refractivity contribution >= 4 is 124 Å². The van der Waals surface area contributed by atoms with Crippen LogP contribution < -0.4 is 42.8 Å². The third-order valence-corrected chi connectivity index (χ3v) is 13.6. The zero-order chi connectivity index (χ0) is 38.8. The first-order valence-corrected chi connectivity index (χ1v) is 20.8. The number of hydrogen-bond acceptors (Lipinski definition) is 4. The third-order valence-electron chi connectivity index (χ3n) is 13.6. The summed E-state index contributed by atoms with van der Waals surface area (Å²) in [5.41, 5.74) is 18.7. The van der Waals surface area contributed by atoms with Crippen molar-refractivity contribution in [2.45, 2.75) is 0 Å². The number of fused-ring (bicyclic) bond motifs is 14. The SMILES string of the molecule is c1ccc(N2c3cccc4c3B(c3nc5c(nc32)N(c2ccccc2)c2cccc3c2B5c2cccc5c6ccccc6n-3c25)c2cccc3c5ccccc5n-4c23)cc1. The van der Waals surface area contributed by atoms with E-state index in [-0.39, 0.29) is 13.4 Å². The van der Waals surface area contributed by atoms with Crippen LogP contribution in [0.5, 0.6) is 0 Å². The summed E-state index contributed by atoms with van der Waals surface area (Å²) in [6.45, 7) is -0.283. The van der Waals surface area contributed by atoms with E-state index in [0.717, 1.165) is 45.6 Å². The molecule has 0 N–H and O–H groups in total. The molecule has 0 amide bonds. The highest BCUT2D eigenvalue weighted by atomic mass is 15.3. The van der Waals surface area contributed by atoms with Crippen molar-refractivity contribution in [2.75, 3.05) is 9.80 Å². The second-order valence-electron chi connectivity index (χ2n) is 16.5. The molecule has 4 aliphatic rings. The quantitative estimate of drug-likeness (QED) is 0.168. The van der Waals surface area contributed by atoms with E-state index in [9.17, 15) is 0 Å². The van der Waals surface area contributed by atoms with E-state index in [1.54, 1.807) is 0 Å². The topological polar surface area (TPSA) is 42.1 Å². The van der Waals surface area contributed by atoms with Crippen molar-refractivity contribution in [1.29, 1.82) is 0 Å². The first kappa shape index (κ1) is 31.2. The first-order chi connectivity index (χ1) is 29.8. The fraction of sp³-hybridized carbons (Fsp3) is 0. The molecule has 60 heavy (non-hydrogen) atoms. The van der Waals surface area contributed by atoms with Crippen LogP contribution in [-0.2, 0) is 0 Å². The monoisotopic (exact) mass is 760 g/mol. The van der Waals surface area contributed by atoms with Gasteiger partial charge in [-0.2, -0.15) is 0 Å². The predicted octanol–water partition coefficient (Wildman–Crippen LogP) is 7.90. The van der Waals surface area contributed by atoms with Gasteiger partial charge in [-0.25, -0.2) is 4.98 Å². The molecule has 0 fully saturated rings. The van der Waals surface area contributed by atoms with E-state index in [1.807, 2.05) is 0 Å². The van der Waals surface area contributed by atoms with Crippen LogP contribution >= 0.6 is 0 Å². The van der Waals surface area contributed by atoms with Crippen LogP contribution in [0.2, 0.25) is 0 Å². The lowest BCUT2D eigenvalue weighted by Gasteiger charge is -2.42. The van der Waals surface area contributed by atoms with Crippen LogP contribution in [0.4, 0.5) is 34.4 Å². The second kappa shape index (κ2) is 11.0. The molecule has 6 nitrogen and oxygen atoms in total. The molecule has 7 heterocycles. The molecule has 0 bridgehead atoms. The van der Waals surface area contributed by atoms with Crippen molar-refractivity contribution < 1.29 is 0 Å². The zero-order valence-electron chi connectivity index (χ0n) is 32.2. The van der Waals surface area contributed by atoms with Crippen molar-refractivity contribution in [2.24, 2.45) is 0 Å². The Morgan fingerprint density at radius 2 is 0.733 bits per heavy atom. The van der Waals surface area contributed by atoms with Crippen molar-refractivity contribution in [3.05, 3.63) is 182 Å². The maximum absolute atomic E-state index is 6.12. The van der Waals surface area contributed by atoms with Crippen LogP contribution in [0.3, 0.4) is 0 Å². The molecule has 274 valence electrons. The molecule has 0 saturated carbocycles. The Labute approximate surface area is 345 Å². The summed E-state index contributed by atoms with van der Waals surface area (Å²) in [7, 11) is 0. The summed E-state index contributed by atoms with van der Waals surface area (Å²) in [6, 6.07) is 66.4. The fourth-order valence-corrected chi connectivity index (χ4v) is 11.5. The van der Waals surface area contributed by atoms with Crippen LogP contribution in [0, 0.1) is 0 Å². The average molecular weight is 760 g/mol. The number of rotatable bonds is 2. The Hall–Kier alpha value is -7.83. The van der Waals surface area contributed by atoms with Gasteiger partial charge in [0.1, 0.15) is 0 Å². The zero-order valence-corrected chi connectivity index (χ0v) is 32.2. The van der Waals surface area contributed by atoms with Gasteiger partial charge in [0.25, 0.3) is 13.4 Å². The van der Waals surface area contributed by atoms with Crippen LogP contribution in [0.15, 0.2) is 182 Å². The minimum Gasteiger partial charge on any atom is -0.310 e. The van der Waals surface area contributed by atoms with Gasteiger partial charge in [0, 0.05) is 66.7 Å². The summed E-state index contributed by atoms with van der Waals surface area (Å²) in [5, 5.41) is 5.04. The number of aromatic nitrogens is 4. The van der Waals surface area contributed by atoms with Gasteiger partial charge in [0.2, 0.25) is 0 Å². The number of anilines is 6. The minimum atomic E-state index is -0.142. The number of benzene rings is 8. The maximum atomic E-state index is 6.12. The van der Waals surface area contributed by atoms with Gasteiger partial charge < -0.3 is 9.13 Å². The molecule has 15 rings (SSSR count). The molecule has 0 saturated heterocycles. The Kier molecular flexibility index (Phi) is 5.72. The standard InChI is InChI=1S/C52H30B2N6/c1-3-15-31(16-4-1)57-41-27-13-29-43-45(41)53(37-23-11-21-35-33-19-7-9-25-39(33)59(43)47(35)37)49-51(57)56-52-50(55-49)54-38-24-12-22-36-34-20-8-10-26-40(34)60(48(36)38)44-30-14-28-42(46(44)54)58(52)32-17-5-2-6-18-32/h1-30H. The normalized spacial score (nSPS) is 13.9. The summed E-state index contributed by atoms with van der Waals surface area (Å²) in [6.07, 6.45) is 0. The maximum Gasteiger partial charge on any atom is 0.277 e. The molecule has 0 spiro atoms. The Balaban J connectivity index is 1.11. The molecule has 0 radical (unpaired) electrons. The smallest absolute Gasteiger partial charge is 0.277 e. The largest absolute Gasteiger partial charge is 0.310 e. The van der Waals surface area contributed by atoms with Gasteiger partial charge in [-0.1, -0.05) is 121 Å². The van der Waals surface area contributed by atoms with Crippen LogP contribution in [0.1, 0.15) is 0 Å². The molecule has 11 aromatic rings. The van der Waals surface area contributed by atoms with Gasteiger partial charge in [-0.3, -0.25) is 14.8 Å². The van der Waals surface area contributed by atoms with E-state index in [1.165, 1.54) is 76.8 Å². The number of nitrogens with zero attached hydrogens (tertiary/aromatic N) is 6. The highest BCUT2D eigenvalue weighted by molar-refractivity contribution is 7.02. The van der Waals surface area contributed by atoms with Crippen LogP contribution in [0.25, 0.3) is 55.0 Å². The molecule has 8 aromatic carbocycles. The Bertz CT molecular complexity index is 3470. The molecule has 0 unspecified atom stereocenters. The summed E-state index contributed by atoms with van der Waals surface area (Å²) >= 11 is 0. The van der Waals surface area contributed by atoms with Gasteiger partial charge in [0.05, 0.1) is 22.2 Å². The van der Waals surface area contributed by atoms with Gasteiger partial charge in [-0.15, -0.1) is 0 Å². The van der Waals surface area contributed by atoms with Crippen molar-refractivity contribution in [1.82, 2.24) is 19.1 Å². The summed E-state index contributed by atoms with van der Waals surface area (Å²) in [5.74, 6) is 1.72.